The summed E-state index contributed by atoms with van der Waals surface area (Å²) in [6, 6.07) is 0. The second kappa shape index (κ2) is 6.23. The molecule has 0 bridgehead atoms. The van der Waals surface area contributed by atoms with Crippen LogP contribution in [-0.2, 0) is 4.79 Å². The number of amides is 1. The lowest BCUT2D eigenvalue weighted by molar-refractivity contribution is -0.202. The molecule has 4 atom stereocenters. The Balaban J connectivity index is 3.08. The highest BCUT2D eigenvalue weighted by molar-refractivity contribution is 5.77. The molecule has 1 aliphatic carbocycles. The molecule has 0 aromatic heterocycles. The van der Waals surface area contributed by atoms with E-state index in [9.17, 15) is 22.4 Å². The maximum atomic E-state index is 13.7. The molecule has 0 aromatic carbocycles. The predicted octanol–water partition coefficient (Wildman–Crippen LogP) is 1.56. The summed E-state index contributed by atoms with van der Waals surface area (Å²) in [4.78, 5) is 14.7. The minimum absolute atomic E-state index is 0.0731. The summed E-state index contributed by atoms with van der Waals surface area (Å²) in [6.45, 7) is 0. The fraction of sp³-hybridized carbons (Fsp3) is 0.667. The van der Waals surface area contributed by atoms with Crippen LogP contribution in [0.2, 0.25) is 0 Å². The zero-order valence-corrected chi connectivity index (χ0v) is 10.9. The van der Waals surface area contributed by atoms with Gasteiger partial charge in [0.15, 0.2) is 0 Å². The average Bonchev–Trinajstić information content (AvgIpc) is 2.34. The molecule has 114 valence electrons. The van der Waals surface area contributed by atoms with Gasteiger partial charge in [-0.3, -0.25) is 9.79 Å². The van der Waals surface area contributed by atoms with Crippen LogP contribution in [0, 0.1) is 17.8 Å². The third-order valence-electron chi connectivity index (χ3n) is 3.54. The zero-order valence-electron chi connectivity index (χ0n) is 10.9. The van der Waals surface area contributed by atoms with Crippen LogP contribution < -0.4 is 11.5 Å². The minimum Gasteiger partial charge on any atom is -0.402 e. The summed E-state index contributed by atoms with van der Waals surface area (Å²) in [5.74, 6) is -5.28. The number of halogens is 4. The van der Waals surface area contributed by atoms with Crippen molar-refractivity contribution in [3.05, 3.63) is 11.8 Å². The quantitative estimate of drug-likeness (QED) is 0.612. The van der Waals surface area contributed by atoms with Gasteiger partial charge in [0.25, 0.3) is 0 Å². The van der Waals surface area contributed by atoms with E-state index < -0.39 is 42.4 Å². The van der Waals surface area contributed by atoms with Crippen molar-refractivity contribution in [1.29, 1.82) is 0 Å². The molecule has 0 heterocycles. The van der Waals surface area contributed by atoms with Crippen molar-refractivity contribution >= 4 is 12.1 Å². The van der Waals surface area contributed by atoms with Crippen LogP contribution in [0.3, 0.4) is 0 Å². The molecule has 1 rings (SSSR count). The fourth-order valence-corrected chi connectivity index (χ4v) is 2.47. The molecule has 0 aromatic rings. The van der Waals surface area contributed by atoms with Gasteiger partial charge < -0.3 is 11.5 Å². The van der Waals surface area contributed by atoms with Crippen molar-refractivity contribution in [2.45, 2.75) is 25.2 Å². The van der Waals surface area contributed by atoms with E-state index in [1.807, 2.05) is 0 Å². The first-order valence-electron chi connectivity index (χ1n) is 6.06. The Bertz CT molecular complexity index is 419. The topological polar surface area (TPSA) is 81.5 Å². The normalized spacial score (nSPS) is 32.5. The molecular formula is C12H17F4N3O. The molecular weight excluding hydrogens is 278 g/mol. The molecule has 1 aliphatic rings. The predicted molar refractivity (Wildman–Crippen MR) is 66.5 cm³/mol. The van der Waals surface area contributed by atoms with Crippen molar-refractivity contribution in [2.24, 2.45) is 34.2 Å². The molecule has 1 saturated carbocycles. The zero-order chi connectivity index (χ0) is 15.5. The number of rotatable bonds is 3. The van der Waals surface area contributed by atoms with E-state index >= 15 is 0 Å². The van der Waals surface area contributed by atoms with Gasteiger partial charge in [0.2, 0.25) is 5.91 Å². The van der Waals surface area contributed by atoms with E-state index in [2.05, 4.69) is 4.99 Å². The van der Waals surface area contributed by atoms with E-state index in [1.54, 1.807) is 0 Å². The molecule has 0 aliphatic heterocycles. The number of hydrogen-bond donors (Lipinski definition) is 2. The van der Waals surface area contributed by atoms with Crippen LogP contribution in [0.5, 0.6) is 0 Å². The number of nitrogens with zero attached hydrogens (tertiary/aromatic N) is 1. The maximum Gasteiger partial charge on any atom is 0.392 e. The largest absolute Gasteiger partial charge is 0.402 e. The monoisotopic (exact) mass is 295 g/mol. The van der Waals surface area contributed by atoms with Gasteiger partial charge in [-0.15, -0.1) is 0 Å². The van der Waals surface area contributed by atoms with E-state index in [0.717, 1.165) is 0 Å². The lowest BCUT2D eigenvalue weighted by atomic mass is 9.71. The summed E-state index contributed by atoms with van der Waals surface area (Å²) >= 11 is 0. The second-order valence-corrected chi connectivity index (χ2v) is 4.82. The van der Waals surface area contributed by atoms with Crippen molar-refractivity contribution in [2.75, 3.05) is 7.05 Å². The van der Waals surface area contributed by atoms with Gasteiger partial charge in [-0.05, 0) is 18.9 Å². The SMILES string of the molecule is CN=CC=C(N)C1CC(C(N)=O)C(F)CC1C(F)(F)F. The number of hydrogen-bond acceptors (Lipinski definition) is 3. The highest BCUT2D eigenvalue weighted by Crippen LogP contribution is 2.46. The molecule has 4 nitrogen and oxygen atoms in total. The molecule has 0 radical (unpaired) electrons. The number of alkyl halides is 4. The molecule has 8 heteroatoms. The lowest BCUT2D eigenvalue weighted by Gasteiger charge is -2.38. The van der Waals surface area contributed by atoms with Gasteiger partial charge in [0.1, 0.15) is 6.17 Å². The van der Waals surface area contributed by atoms with Crippen molar-refractivity contribution in [3.63, 3.8) is 0 Å². The number of primary amides is 1. The standard InChI is InChI=1S/C12H17F4N3O/c1-19-3-2-10(17)6-4-7(11(18)20)9(13)5-8(6)12(14,15)16/h2-3,6-9H,4-5,17H2,1H3,(H2,18,20). The first-order valence-corrected chi connectivity index (χ1v) is 6.06. The number of carbonyl (C=O) groups excluding carboxylic acids is 1. The summed E-state index contributed by atoms with van der Waals surface area (Å²) in [5.41, 5.74) is 10.6. The Morgan fingerprint density at radius 1 is 1.25 bits per heavy atom. The van der Waals surface area contributed by atoms with E-state index in [0.29, 0.717) is 0 Å². The van der Waals surface area contributed by atoms with Gasteiger partial charge in [-0.25, -0.2) is 4.39 Å². The summed E-state index contributed by atoms with van der Waals surface area (Å²) in [5, 5.41) is 0. The minimum atomic E-state index is -4.58. The van der Waals surface area contributed by atoms with Crippen LogP contribution in [-0.4, -0.2) is 31.5 Å². The highest BCUT2D eigenvalue weighted by Gasteiger charge is 2.52. The first-order chi connectivity index (χ1) is 9.18. The van der Waals surface area contributed by atoms with Crippen LogP contribution in [0.1, 0.15) is 12.8 Å². The average molecular weight is 295 g/mol. The molecule has 0 spiro atoms. The maximum absolute atomic E-state index is 13.7. The highest BCUT2D eigenvalue weighted by atomic mass is 19.4. The van der Waals surface area contributed by atoms with Crippen LogP contribution in [0.25, 0.3) is 0 Å². The molecule has 0 saturated heterocycles. The molecule has 4 unspecified atom stereocenters. The Kier molecular flexibility index (Phi) is 5.13. The van der Waals surface area contributed by atoms with E-state index in [1.165, 1.54) is 19.3 Å². The Hall–Kier alpha value is -1.60. The van der Waals surface area contributed by atoms with E-state index in [-0.39, 0.29) is 12.1 Å². The Morgan fingerprint density at radius 2 is 1.85 bits per heavy atom. The summed E-state index contributed by atoms with van der Waals surface area (Å²) in [6.07, 6.45) is -5.15. The Labute approximate surface area is 113 Å². The van der Waals surface area contributed by atoms with Crippen molar-refractivity contribution < 1.29 is 22.4 Å². The van der Waals surface area contributed by atoms with Gasteiger partial charge >= 0.3 is 6.18 Å². The number of aliphatic imine (C=N–C) groups is 1. The summed E-state index contributed by atoms with van der Waals surface area (Å²) in [7, 11) is 1.44. The fourth-order valence-electron chi connectivity index (χ4n) is 2.47. The molecule has 4 N–H and O–H groups in total. The molecule has 20 heavy (non-hydrogen) atoms. The van der Waals surface area contributed by atoms with Gasteiger partial charge in [0, 0.05) is 24.9 Å². The number of nitrogens with two attached hydrogens (primary N) is 2. The van der Waals surface area contributed by atoms with Gasteiger partial charge in [0.05, 0.1) is 11.8 Å². The smallest absolute Gasteiger partial charge is 0.392 e. The number of allylic oxidation sites excluding steroid dienone is 2. The summed E-state index contributed by atoms with van der Waals surface area (Å²) < 4.78 is 52.6. The van der Waals surface area contributed by atoms with Crippen LogP contribution >= 0.6 is 0 Å². The lowest BCUT2D eigenvalue weighted by Crippen LogP contribution is -2.46. The van der Waals surface area contributed by atoms with Crippen molar-refractivity contribution in [3.8, 4) is 0 Å². The molecule has 1 fully saturated rings. The van der Waals surface area contributed by atoms with E-state index in [4.69, 9.17) is 11.5 Å². The van der Waals surface area contributed by atoms with Crippen LogP contribution in [0.15, 0.2) is 16.8 Å². The number of carbonyl (C=O) groups is 1. The third-order valence-corrected chi connectivity index (χ3v) is 3.54. The molecule has 1 amide bonds. The van der Waals surface area contributed by atoms with Gasteiger partial charge in [-0.2, -0.15) is 13.2 Å². The second-order valence-electron chi connectivity index (χ2n) is 4.82. The Morgan fingerprint density at radius 3 is 2.30 bits per heavy atom. The third kappa shape index (κ3) is 3.71. The van der Waals surface area contributed by atoms with Gasteiger partial charge in [-0.1, -0.05) is 0 Å². The first kappa shape index (κ1) is 16.5. The van der Waals surface area contributed by atoms with Crippen LogP contribution in [0.4, 0.5) is 17.6 Å². The van der Waals surface area contributed by atoms with Crippen molar-refractivity contribution in [1.82, 2.24) is 0 Å².